The normalized spacial score (nSPS) is 37.4. The van der Waals surface area contributed by atoms with Crippen molar-refractivity contribution in [2.45, 2.75) is 51.1 Å². The molecule has 1 nitrogen and oxygen atoms in total. The molecule has 2 rings (SSSR count). The van der Waals surface area contributed by atoms with E-state index in [9.17, 15) is 0 Å². The third-order valence-electron chi connectivity index (χ3n) is 3.96. The molecule has 2 aliphatic rings. The Kier molecular flexibility index (Phi) is 3.31. The Morgan fingerprint density at radius 1 is 1.23 bits per heavy atom. The van der Waals surface area contributed by atoms with E-state index in [2.05, 4.69) is 27.8 Å². The van der Waals surface area contributed by atoms with Gasteiger partial charge in [-0.1, -0.05) is 28.8 Å². The lowest BCUT2D eigenvalue weighted by atomic mass is 10.0. The van der Waals surface area contributed by atoms with Gasteiger partial charge in [-0.25, -0.2) is 0 Å². The number of hydrogen-bond donors (Lipinski definition) is 0. The van der Waals surface area contributed by atoms with Gasteiger partial charge in [0, 0.05) is 17.4 Å². The first kappa shape index (κ1) is 9.97. The van der Waals surface area contributed by atoms with Crippen LogP contribution < -0.4 is 0 Å². The molecule has 0 amide bonds. The van der Waals surface area contributed by atoms with Gasteiger partial charge in [0.05, 0.1) is 0 Å². The van der Waals surface area contributed by atoms with Crippen LogP contribution >= 0.6 is 15.9 Å². The Morgan fingerprint density at radius 2 is 1.92 bits per heavy atom. The van der Waals surface area contributed by atoms with E-state index >= 15 is 0 Å². The van der Waals surface area contributed by atoms with Crippen LogP contribution in [-0.4, -0.2) is 28.9 Å². The van der Waals surface area contributed by atoms with Crippen molar-refractivity contribution >= 4 is 15.9 Å². The summed E-state index contributed by atoms with van der Waals surface area (Å²) in [5, 5.41) is 1.19. The monoisotopic (exact) mass is 245 g/mol. The molecule has 2 atom stereocenters. The standard InChI is InChI=1S/C11H20BrN/c1-9-10(8-12)6-7-13(9)11-4-2-3-5-11/h9-11H,2-8H2,1H3. The third kappa shape index (κ3) is 1.94. The van der Waals surface area contributed by atoms with Crippen molar-refractivity contribution < 1.29 is 0 Å². The Morgan fingerprint density at radius 3 is 2.46 bits per heavy atom. The fourth-order valence-corrected chi connectivity index (χ4v) is 3.85. The molecule has 13 heavy (non-hydrogen) atoms. The zero-order chi connectivity index (χ0) is 9.26. The second-order valence-corrected chi connectivity index (χ2v) is 5.27. The second kappa shape index (κ2) is 4.31. The van der Waals surface area contributed by atoms with Gasteiger partial charge in [0.1, 0.15) is 0 Å². The topological polar surface area (TPSA) is 3.24 Å². The highest BCUT2D eigenvalue weighted by Gasteiger charge is 2.35. The van der Waals surface area contributed by atoms with E-state index in [0.29, 0.717) is 0 Å². The highest BCUT2D eigenvalue weighted by Crippen LogP contribution is 2.33. The summed E-state index contributed by atoms with van der Waals surface area (Å²) < 4.78 is 0. The molecular formula is C11H20BrN. The summed E-state index contributed by atoms with van der Waals surface area (Å²) in [6, 6.07) is 1.75. The molecule has 1 aliphatic carbocycles. The van der Waals surface area contributed by atoms with Crippen molar-refractivity contribution in [2.75, 3.05) is 11.9 Å². The van der Waals surface area contributed by atoms with Gasteiger partial charge in [-0.2, -0.15) is 0 Å². The molecule has 0 radical (unpaired) electrons. The molecule has 2 unspecified atom stereocenters. The van der Waals surface area contributed by atoms with Crippen LogP contribution in [0.25, 0.3) is 0 Å². The average molecular weight is 246 g/mol. The smallest absolute Gasteiger partial charge is 0.0107 e. The lowest BCUT2D eigenvalue weighted by Gasteiger charge is -2.29. The fourth-order valence-electron chi connectivity index (χ4n) is 2.99. The predicted molar refractivity (Wildman–Crippen MR) is 60.3 cm³/mol. The van der Waals surface area contributed by atoms with E-state index in [1.54, 1.807) is 0 Å². The summed E-state index contributed by atoms with van der Waals surface area (Å²) in [6.45, 7) is 3.76. The predicted octanol–water partition coefficient (Wildman–Crippen LogP) is 3.03. The van der Waals surface area contributed by atoms with Crippen LogP contribution in [0.4, 0.5) is 0 Å². The Labute approximate surface area is 90.0 Å². The van der Waals surface area contributed by atoms with Gasteiger partial charge in [0.2, 0.25) is 0 Å². The van der Waals surface area contributed by atoms with E-state index in [0.717, 1.165) is 18.0 Å². The van der Waals surface area contributed by atoms with Crippen molar-refractivity contribution in [1.29, 1.82) is 0 Å². The van der Waals surface area contributed by atoms with Gasteiger partial charge in [0.15, 0.2) is 0 Å². The van der Waals surface area contributed by atoms with Gasteiger partial charge >= 0.3 is 0 Å². The molecule has 1 saturated heterocycles. The van der Waals surface area contributed by atoms with Gasteiger partial charge in [-0.05, 0) is 38.6 Å². The minimum atomic E-state index is 0.822. The maximum Gasteiger partial charge on any atom is 0.0107 e. The van der Waals surface area contributed by atoms with Gasteiger partial charge in [-0.3, -0.25) is 4.90 Å². The highest BCUT2D eigenvalue weighted by molar-refractivity contribution is 9.09. The largest absolute Gasteiger partial charge is 0.297 e. The van der Waals surface area contributed by atoms with Crippen LogP contribution in [0, 0.1) is 5.92 Å². The van der Waals surface area contributed by atoms with E-state index in [4.69, 9.17) is 0 Å². The summed E-state index contributed by atoms with van der Waals surface area (Å²) in [7, 11) is 0. The van der Waals surface area contributed by atoms with Crippen LogP contribution in [0.1, 0.15) is 39.0 Å². The van der Waals surface area contributed by atoms with E-state index < -0.39 is 0 Å². The molecule has 0 N–H and O–H groups in total. The lowest BCUT2D eigenvalue weighted by molar-refractivity contribution is 0.179. The summed E-state index contributed by atoms with van der Waals surface area (Å²) in [4.78, 5) is 2.76. The molecule has 0 aromatic carbocycles. The molecule has 0 aromatic rings. The average Bonchev–Trinajstić information content (AvgIpc) is 2.72. The van der Waals surface area contributed by atoms with Gasteiger partial charge < -0.3 is 0 Å². The number of nitrogens with zero attached hydrogens (tertiary/aromatic N) is 1. The number of halogens is 1. The number of likely N-dealkylation sites (tertiary alicyclic amines) is 1. The Bertz CT molecular complexity index is 165. The van der Waals surface area contributed by atoms with Crippen LogP contribution in [0.15, 0.2) is 0 Å². The van der Waals surface area contributed by atoms with E-state index in [1.807, 2.05) is 0 Å². The summed E-state index contributed by atoms with van der Waals surface area (Å²) in [5.74, 6) is 0.903. The van der Waals surface area contributed by atoms with Crippen molar-refractivity contribution in [1.82, 2.24) is 4.90 Å². The summed E-state index contributed by atoms with van der Waals surface area (Å²) in [6.07, 6.45) is 7.25. The fraction of sp³-hybridized carbons (Fsp3) is 1.00. The molecule has 1 saturated carbocycles. The first-order valence-corrected chi connectivity index (χ1v) is 6.77. The maximum absolute atomic E-state index is 3.63. The number of alkyl halides is 1. The first-order valence-electron chi connectivity index (χ1n) is 5.64. The molecule has 1 heterocycles. The molecule has 2 fully saturated rings. The Balaban J connectivity index is 1.93. The van der Waals surface area contributed by atoms with E-state index in [1.165, 1.54) is 44.0 Å². The molecular weight excluding hydrogens is 226 g/mol. The molecule has 2 heteroatoms. The van der Waals surface area contributed by atoms with Gasteiger partial charge in [0.25, 0.3) is 0 Å². The molecule has 1 aliphatic heterocycles. The highest BCUT2D eigenvalue weighted by atomic mass is 79.9. The second-order valence-electron chi connectivity index (χ2n) is 4.62. The molecule has 0 aromatic heterocycles. The van der Waals surface area contributed by atoms with Crippen LogP contribution in [0.2, 0.25) is 0 Å². The van der Waals surface area contributed by atoms with Crippen LogP contribution in [-0.2, 0) is 0 Å². The zero-order valence-electron chi connectivity index (χ0n) is 8.51. The van der Waals surface area contributed by atoms with Crippen molar-refractivity contribution in [2.24, 2.45) is 5.92 Å². The lowest BCUT2D eigenvalue weighted by Crippen LogP contribution is -2.37. The van der Waals surface area contributed by atoms with Crippen LogP contribution in [0.3, 0.4) is 0 Å². The van der Waals surface area contributed by atoms with Crippen molar-refractivity contribution in [3.63, 3.8) is 0 Å². The molecule has 0 bridgehead atoms. The van der Waals surface area contributed by atoms with Gasteiger partial charge in [-0.15, -0.1) is 0 Å². The van der Waals surface area contributed by atoms with Crippen LogP contribution in [0.5, 0.6) is 0 Å². The summed E-state index contributed by atoms with van der Waals surface area (Å²) in [5.41, 5.74) is 0. The molecule has 76 valence electrons. The van der Waals surface area contributed by atoms with Crippen molar-refractivity contribution in [3.05, 3.63) is 0 Å². The summed E-state index contributed by atoms with van der Waals surface area (Å²) >= 11 is 3.63. The zero-order valence-corrected chi connectivity index (χ0v) is 10.1. The van der Waals surface area contributed by atoms with Crippen molar-refractivity contribution in [3.8, 4) is 0 Å². The number of hydrogen-bond acceptors (Lipinski definition) is 1. The third-order valence-corrected chi connectivity index (χ3v) is 4.79. The molecule has 0 spiro atoms. The minimum Gasteiger partial charge on any atom is -0.297 e. The number of rotatable bonds is 2. The maximum atomic E-state index is 3.63. The minimum absolute atomic E-state index is 0.822. The SMILES string of the molecule is CC1C(CBr)CCN1C1CCCC1. The van der Waals surface area contributed by atoms with E-state index in [-0.39, 0.29) is 0 Å². The Hall–Kier alpha value is 0.440. The quantitative estimate of drug-likeness (QED) is 0.677. The first-order chi connectivity index (χ1) is 6.33.